The second-order valence-corrected chi connectivity index (χ2v) is 8.97. The summed E-state index contributed by atoms with van der Waals surface area (Å²) in [5.74, 6) is 0.0436. The molecule has 1 atom stereocenters. The summed E-state index contributed by atoms with van der Waals surface area (Å²) in [6, 6.07) is 7.69. The van der Waals surface area contributed by atoms with Crippen LogP contribution in [0.5, 0.6) is 0 Å². The predicted octanol–water partition coefficient (Wildman–Crippen LogP) is 3.35. The van der Waals surface area contributed by atoms with E-state index in [2.05, 4.69) is 15.2 Å². The van der Waals surface area contributed by atoms with Crippen LogP contribution in [-0.4, -0.2) is 43.7 Å². The van der Waals surface area contributed by atoms with Crippen LogP contribution >= 0.6 is 11.6 Å². The predicted molar refractivity (Wildman–Crippen MR) is 101 cm³/mol. The number of anilines is 1. The van der Waals surface area contributed by atoms with E-state index in [0.29, 0.717) is 17.4 Å². The van der Waals surface area contributed by atoms with Crippen LogP contribution in [0.3, 0.4) is 0 Å². The van der Waals surface area contributed by atoms with Crippen molar-refractivity contribution in [2.24, 2.45) is 0 Å². The molecule has 1 fully saturated rings. The molecule has 1 aliphatic heterocycles. The number of halogens is 2. The van der Waals surface area contributed by atoms with Crippen LogP contribution in [0.1, 0.15) is 18.4 Å². The van der Waals surface area contributed by atoms with E-state index in [9.17, 15) is 12.8 Å². The largest absolute Gasteiger partial charge is 0.365 e. The van der Waals surface area contributed by atoms with Crippen molar-refractivity contribution in [3.05, 3.63) is 52.9 Å². The summed E-state index contributed by atoms with van der Waals surface area (Å²) in [5, 5.41) is 3.69. The molecule has 8 heteroatoms. The lowest BCUT2D eigenvalue weighted by Crippen LogP contribution is -2.42. The summed E-state index contributed by atoms with van der Waals surface area (Å²) in [4.78, 5) is 6.63. The van der Waals surface area contributed by atoms with Gasteiger partial charge in [-0.2, -0.15) is 0 Å². The average Bonchev–Trinajstić information content (AvgIpc) is 2.57. The minimum absolute atomic E-state index is 0.0818. The third kappa shape index (κ3) is 4.72. The van der Waals surface area contributed by atoms with E-state index < -0.39 is 9.84 Å². The molecule has 0 bridgehead atoms. The Morgan fingerprint density at radius 2 is 2.19 bits per heavy atom. The SMILES string of the molecule is CS(=O)(=O)c1cccnc1NC1CCCN(Cc2ccc(F)cc2Cl)C1. The van der Waals surface area contributed by atoms with Crippen LogP contribution in [0.15, 0.2) is 41.4 Å². The number of hydrogen-bond donors (Lipinski definition) is 1. The summed E-state index contributed by atoms with van der Waals surface area (Å²) in [7, 11) is -3.35. The van der Waals surface area contributed by atoms with Crippen LogP contribution in [0.2, 0.25) is 5.02 Å². The first-order valence-corrected chi connectivity index (χ1v) is 10.7. The molecular formula is C18H21ClFN3O2S. The van der Waals surface area contributed by atoms with E-state index >= 15 is 0 Å². The number of pyridine rings is 1. The van der Waals surface area contributed by atoms with E-state index in [1.807, 2.05) is 0 Å². The first-order valence-electron chi connectivity index (χ1n) is 8.41. The molecule has 0 spiro atoms. The van der Waals surface area contributed by atoms with Crippen molar-refractivity contribution in [1.82, 2.24) is 9.88 Å². The fourth-order valence-corrected chi connectivity index (χ4v) is 4.21. The summed E-state index contributed by atoms with van der Waals surface area (Å²) in [6.45, 7) is 2.26. The molecule has 1 aromatic carbocycles. The highest BCUT2D eigenvalue weighted by Crippen LogP contribution is 2.24. The van der Waals surface area contributed by atoms with Crippen LogP contribution in [-0.2, 0) is 16.4 Å². The first kappa shape index (κ1) is 19.1. The maximum Gasteiger partial charge on any atom is 0.179 e. The third-order valence-electron chi connectivity index (χ3n) is 4.43. The molecular weight excluding hydrogens is 377 g/mol. The van der Waals surface area contributed by atoms with E-state index in [-0.39, 0.29) is 16.8 Å². The zero-order chi connectivity index (χ0) is 18.7. The first-order chi connectivity index (χ1) is 12.3. The highest BCUT2D eigenvalue weighted by atomic mass is 35.5. The van der Waals surface area contributed by atoms with Crippen LogP contribution < -0.4 is 5.32 Å². The maximum absolute atomic E-state index is 13.2. The lowest BCUT2D eigenvalue weighted by Gasteiger charge is -2.33. The third-order valence-corrected chi connectivity index (χ3v) is 5.91. The second kappa shape index (κ2) is 7.90. The van der Waals surface area contributed by atoms with Crippen molar-refractivity contribution in [2.75, 3.05) is 24.7 Å². The van der Waals surface area contributed by atoms with Gasteiger partial charge in [0.15, 0.2) is 9.84 Å². The number of aromatic nitrogens is 1. The highest BCUT2D eigenvalue weighted by molar-refractivity contribution is 7.90. The van der Waals surface area contributed by atoms with Crippen molar-refractivity contribution < 1.29 is 12.8 Å². The molecule has 0 radical (unpaired) electrons. The van der Waals surface area contributed by atoms with Gasteiger partial charge in [0.25, 0.3) is 0 Å². The lowest BCUT2D eigenvalue weighted by molar-refractivity contribution is 0.208. The van der Waals surface area contributed by atoms with Crippen molar-refractivity contribution >= 4 is 27.3 Å². The fourth-order valence-electron chi connectivity index (χ4n) is 3.20. The number of hydrogen-bond acceptors (Lipinski definition) is 5. The van der Waals surface area contributed by atoms with E-state index in [1.165, 1.54) is 18.4 Å². The van der Waals surface area contributed by atoms with Crippen molar-refractivity contribution in [2.45, 2.75) is 30.3 Å². The highest BCUT2D eigenvalue weighted by Gasteiger charge is 2.23. The number of rotatable bonds is 5. The summed E-state index contributed by atoms with van der Waals surface area (Å²) in [6.07, 6.45) is 4.65. The smallest absolute Gasteiger partial charge is 0.179 e. The molecule has 5 nitrogen and oxygen atoms in total. The molecule has 0 aliphatic carbocycles. The van der Waals surface area contributed by atoms with Crippen LogP contribution in [0, 0.1) is 5.82 Å². The van der Waals surface area contributed by atoms with Gasteiger partial charge >= 0.3 is 0 Å². The minimum atomic E-state index is -3.35. The molecule has 2 aromatic rings. The number of piperidine rings is 1. The Kier molecular flexibility index (Phi) is 5.79. The summed E-state index contributed by atoms with van der Waals surface area (Å²) < 4.78 is 37.1. The van der Waals surface area contributed by atoms with Crippen molar-refractivity contribution in [3.8, 4) is 0 Å². The lowest BCUT2D eigenvalue weighted by atomic mass is 10.0. The van der Waals surface area contributed by atoms with Gasteiger partial charge < -0.3 is 5.32 Å². The van der Waals surface area contributed by atoms with Gasteiger partial charge in [0.05, 0.1) is 0 Å². The van der Waals surface area contributed by atoms with Gasteiger partial charge in [-0.25, -0.2) is 17.8 Å². The Morgan fingerprint density at radius 1 is 1.38 bits per heavy atom. The minimum Gasteiger partial charge on any atom is -0.365 e. The second-order valence-electron chi connectivity index (χ2n) is 6.58. The summed E-state index contributed by atoms with van der Waals surface area (Å²) in [5.41, 5.74) is 0.878. The van der Waals surface area contributed by atoms with E-state index in [0.717, 1.165) is 31.5 Å². The molecule has 26 heavy (non-hydrogen) atoms. The van der Waals surface area contributed by atoms with Gasteiger partial charge in [-0.1, -0.05) is 17.7 Å². The van der Waals surface area contributed by atoms with Crippen LogP contribution in [0.4, 0.5) is 10.2 Å². The van der Waals surface area contributed by atoms with Gasteiger partial charge in [-0.15, -0.1) is 0 Å². The molecule has 1 aliphatic rings. The number of likely N-dealkylation sites (tertiary alicyclic amines) is 1. The zero-order valence-corrected chi connectivity index (χ0v) is 16.0. The number of benzene rings is 1. The Labute approximate surface area is 158 Å². The molecule has 2 heterocycles. The van der Waals surface area contributed by atoms with Crippen molar-refractivity contribution in [3.63, 3.8) is 0 Å². The average molecular weight is 398 g/mol. The Bertz CT molecular complexity index is 892. The number of nitrogens with zero attached hydrogens (tertiary/aromatic N) is 2. The topological polar surface area (TPSA) is 62.3 Å². The molecule has 140 valence electrons. The molecule has 1 saturated heterocycles. The number of nitrogens with one attached hydrogen (secondary N) is 1. The van der Waals surface area contributed by atoms with Crippen LogP contribution in [0.25, 0.3) is 0 Å². The Balaban J connectivity index is 1.70. The van der Waals surface area contributed by atoms with Gasteiger partial charge in [0, 0.05) is 36.6 Å². The van der Waals surface area contributed by atoms with Gasteiger partial charge in [0.1, 0.15) is 16.5 Å². The van der Waals surface area contributed by atoms with Gasteiger partial charge in [-0.3, -0.25) is 4.90 Å². The van der Waals surface area contributed by atoms with Crippen molar-refractivity contribution in [1.29, 1.82) is 0 Å². The molecule has 3 rings (SSSR count). The van der Waals surface area contributed by atoms with Gasteiger partial charge in [0.2, 0.25) is 0 Å². The fraction of sp³-hybridized carbons (Fsp3) is 0.389. The zero-order valence-electron chi connectivity index (χ0n) is 14.5. The molecule has 1 unspecified atom stereocenters. The molecule has 0 amide bonds. The molecule has 1 aromatic heterocycles. The normalized spacial score (nSPS) is 18.7. The maximum atomic E-state index is 13.2. The van der Waals surface area contributed by atoms with E-state index in [1.54, 1.807) is 24.4 Å². The van der Waals surface area contributed by atoms with Gasteiger partial charge in [-0.05, 0) is 49.2 Å². The molecule has 1 N–H and O–H groups in total. The standard InChI is InChI=1S/C18H21ClFN3O2S/c1-26(24,25)17-5-2-8-21-18(17)22-15-4-3-9-23(12-15)11-13-6-7-14(20)10-16(13)19/h2,5-8,10,15H,3-4,9,11-12H2,1H3,(H,21,22). The monoisotopic (exact) mass is 397 g/mol. The molecule has 0 saturated carbocycles. The Hall–Kier alpha value is -1.70. The quantitative estimate of drug-likeness (QED) is 0.838. The van der Waals surface area contributed by atoms with E-state index in [4.69, 9.17) is 11.6 Å². The number of sulfone groups is 1. The Morgan fingerprint density at radius 3 is 2.92 bits per heavy atom. The summed E-state index contributed by atoms with van der Waals surface area (Å²) >= 11 is 6.13.